The van der Waals surface area contributed by atoms with Gasteiger partial charge in [-0.3, -0.25) is 4.79 Å². The molecule has 1 amide bonds. The van der Waals surface area contributed by atoms with Crippen molar-refractivity contribution in [3.8, 4) is 5.75 Å². The molecular weight excluding hydrogens is 388 g/mol. The number of hydrogen-bond donors (Lipinski definition) is 1. The van der Waals surface area contributed by atoms with Gasteiger partial charge in [-0.15, -0.1) is 0 Å². The fourth-order valence-corrected chi connectivity index (χ4v) is 4.64. The first-order valence-electron chi connectivity index (χ1n) is 9.86. The number of sulfonamides is 1. The molecule has 2 aromatic rings. The maximum Gasteiger partial charge on any atom is 0.265 e. The Hall–Kier alpha value is -2.38. The highest BCUT2D eigenvalue weighted by atomic mass is 32.2. The Morgan fingerprint density at radius 3 is 2.34 bits per heavy atom. The smallest absolute Gasteiger partial charge is 0.265 e. The molecule has 0 aliphatic heterocycles. The first-order valence-corrected chi connectivity index (χ1v) is 11.3. The lowest BCUT2D eigenvalue weighted by Crippen LogP contribution is -2.33. The summed E-state index contributed by atoms with van der Waals surface area (Å²) in [4.78, 5) is 12.7. The van der Waals surface area contributed by atoms with E-state index in [9.17, 15) is 13.2 Å². The van der Waals surface area contributed by atoms with E-state index in [1.807, 2.05) is 26.0 Å². The van der Waals surface area contributed by atoms with E-state index in [-0.39, 0.29) is 16.8 Å². The third-order valence-electron chi connectivity index (χ3n) is 5.28. The van der Waals surface area contributed by atoms with E-state index in [1.54, 1.807) is 26.1 Å². The number of amides is 1. The number of carbonyl (C=O) groups is 1. The Bertz CT molecular complexity index is 984. The van der Waals surface area contributed by atoms with Crippen LogP contribution in [0.25, 0.3) is 0 Å². The highest BCUT2D eigenvalue weighted by Crippen LogP contribution is 2.26. The third kappa shape index (κ3) is 4.79. The summed E-state index contributed by atoms with van der Waals surface area (Å²) in [5, 5.41) is 2.77. The molecule has 3 rings (SSSR count). The van der Waals surface area contributed by atoms with Gasteiger partial charge in [0.15, 0.2) is 6.10 Å². The lowest BCUT2D eigenvalue weighted by molar-refractivity contribution is -0.122. The zero-order valence-electron chi connectivity index (χ0n) is 17.3. The van der Waals surface area contributed by atoms with Crippen molar-refractivity contribution in [3.05, 3.63) is 53.6 Å². The standard InChI is InChI=1S/C22H28N2O4S/c1-15(2)24(4)29(26,27)21-12-9-19(10-13-21)23-22(25)16(3)28-20-11-8-17-6-5-7-18(17)14-20/h8-16H,5-7H2,1-4H3,(H,23,25). The number of anilines is 1. The Balaban J connectivity index is 1.63. The van der Waals surface area contributed by atoms with Crippen molar-refractivity contribution in [3.63, 3.8) is 0 Å². The topological polar surface area (TPSA) is 75.7 Å². The van der Waals surface area contributed by atoms with Crippen LogP contribution >= 0.6 is 0 Å². The Morgan fingerprint density at radius 1 is 1.03 bits per heavy atom. The van der Waals surface area contributed by atoms with E-state index in [4.69, 9.17) is 4.74 Å². The lowest BCUT2D eigenvalue weighted by atomic mass is 10.1. The number of benzene rings is 2. The van der Waals surface area contributed by atoms with Gasteiger partial charge >= 0.3 is 0 Å². The van der Waals surface area contributed by atoms with E-state index in [0.717, 1.165) is 19.3 Å². The summed E-state index contributed by atoms with van der Waals surface area (Å²) in [6, 6.07) is 12.0. The molecule has 1 unspecified atom stereocenters. The molecule has 156 valence electrons. The molecular formula is C22H28N2O4S. The zero-order valence-corrected chi connectivity index (χ0v) is 18.1. The van der Waals surface area contributed by atoms with Crippen LogP contribution in [0.5, 0.6) is 5.75 Å². The fourth-order valence-electron chi connectivity index (χ4n) is 3.28. The van der Waals surface area contributed by atoms with E-state index in [2.05, 4.69) is 11.4 Å². The quantitative estimate of drug-likeness (QED) is 0.748. The van der Waals surface area contributed by atoms with Crippen LogP contribution in [-0.2, 0) is 27.7 Å². The molecule has 0 fully saturated rings. The second kappa shape index (κ2) is 8.55. The largest absolute Gasteiger partial charge is 0.481 e. The number of ether oxygens (including phenoxy) is 1. The molecule has 2 aromatic carbocycles. The minimum absolute atomic E-state index is 0.142. The number of carbonyl (C=O) groups excluding carboxylic acids is 1. The third-order valence-corrected chi connectivity index (χ3v) is 7.33. The normalized spacial score (nSPS) is 14.7. The first kappa shape index (κ1) is 21.3. The maximum atomic E-state index is 12.5. The van der Waals surface area contributed by atoms with Crippen molar-refractivity contribution in [1.82, 2.24) is 4.31 Å². The molecule has 1 aliphatic carbocycles. The molecule has 0 bridgehead atoms. The molecule has 7 heteroatoms. The number of aryl methyl sites for hydroxylation is 2. The van der Waals surface area contributed by atoms with Crippen LogP contribution in [0.15, 0.2) is 47.4 Å². The minimum atomic E-state index is -3.55. The van der Waals surface area contributed by atoms with Gasteiger partial charge in [-0.25, -0.2) is 8.42 Å². The Morgan fingerprint density at radius 2 is 1.69 bits per heavy atom. The van der Waals surface area contributed by atoms with E-state index in [0.29, 0.717) is 11.4 Å². The molecule has 0 heterocycles. The van der Waals surface area contributed by atoms with Gasteiger partial charge in [-0.05, 0) is 87.6 Å². The zero-order chi connectivity index (χ0) is 21.2. The minimum Gasteiger partial charge on any atom is -0.481 e. The maximum absolute atomic E-state index is 12.5. The second-order valence-corrected chi connectivity index (χ2v) is 9.67. The van der Waals surface area contributed by atoms with Crippen LogP contribution in [0.1, 0.15) is 38.3 Å². The molecule has 1 N–H and O–H groups in total. The van der Waals surface area contributed by atoms with E-state index in [1.165, 1.54) is 27.6 Å². The van der Waals surface area contributed by atoms with Crippen molar-refractivity contribution in [2.75, 3.05) is 12.4 Å². The summed E-state index contributed by atoms with van der Waals surface area (Å²) in [5.41, 5.74) is 3.16. The van der Waals surface area contributed by atoms with E-state index < -0.39 is 16.1 Å². The second-order valence-electron chi connectivity index (χ2n) is 7.67. The van der Waals surface area contributed by atoms with Gasteiger partial charge in [-0.1, -0.05) is 6.07 Å². The molecule has 6 nitrogen and oxygen atoms in total. The molecule has 0 spiro atoms. The monoisotopic (exact) mass is 416 g/mol. The highest BCUT2D eigenvalue weighted by molar-refractivity contribution is 7.89. The summed E-state index contributed by atoms with van der Waals surface area (Å²) < 4.78 is 32.1. The number of hydrogen-bond acceptors (Lipinski definition) is 4. The summed E-state index contributed by atoms with van der Waals surface area (Å²) in [7, 11) is -2.00. The van der Waals surface area contributed by atoms with Gasteiger partial charge in [0.2, 0.25) is 10.0 Å². The Kier molecular flexibility index (Phi) is 6.29. The number of fused-ring (bicyclic) bond motifs is 1. The van der Waals surface area contributed by atoms with Crippen molar-refractivity contribution < 1.29 is 17.9 Å². The predicted molar refractivity (Wildman–Crippen MR) is 114 cm³/mol. The van der Waals surface area contributed by atoms with Gasteiger partial charge < -0.3 is 10.1 Å². The number of nitrogens with one attached hydrogen (secondary N) is 1. The van der Waals surface area contributed by atoms with Gasteiger partial charge in [0.25, 0.3) is 5.91 Å². The molecule has 0 aromatic heterocycles. The highest BCUT2D eigenvalue weighted by Gasteiger charge is 2.23. The van der Waals surface area contributed by atoms with Crippen LogP contribution in [0, 0.1) is 0 Å². The summed E-state index contributed by atoms with van der Waals surface area (Å²) in [6.07, 6.45) is 2.64. The molecule has 0 saturated heterocycles. The molecule has 0 saturated carbocycles. The van der Waals surface area contributed by atoms with Crippen LogP contribution in [0.2, 0.25) is 0 Å². The van der Waals surface area contributed by atoms with Crippen molar-refractivity contribution in [1.29, 1.82) is 0 Å². The van der Waals surface area contributed by atoms with Crippen molar-refractivity contribution in [2.24, 2.45) is 0 Å². The molecule has 0 radical (unpaired) electrons. The summed E-state index contributed by atoms with van der Waals surface area (Å²) >= 11 is 0. The van der Waals surface area contributed by atoms with Gasteiger partial charge in [-0.2, -0.15) is 4.31 Å². The van der Waals surface area contributed by atoms with Gasteiger partial charge in [0.1, 0.15) is 5.75 Å². The summed E-state index contributed by atoms with van der Waals surface area (Å²) in [6.45, 7) is 5.32. The van der Waals surface area contributed by atoms with Crippen LogP contribution in [0.3, 0.4) is 0 Å². The molecule has 1 atom stereocenters. The summed E-state index contributed by atoms with van der Waals surface area (Å²) in [5.74, 6) is 0.395. The Labute approximate surface area is 172 Å². The average molecular weight is 417 g/mol. The van der Waals surface area contributed by atoms with E-state index >= 15 is 0 Å². The molecule has 1 aliphatic rings. The van der Waals surface area contributed by atoms with Crippen LogP contribution in [0.4, 0.5) is 5.69 Å². The number of rotatable bonds is 7. The van der Waals surface area contributed by atoms with Gasteiger partial charge in [0, 0.05) is 18.8 Å². The SMILES string of the molecule is CC(Oc1ccc2c(c1)CCC2)C(=O)Nc1ccc(S(=O)(=O)N(C)C(C)C)cc1. The van der Waals surface area contributed by atoms with Crippen LogP contribution < -0.4 is 10.1 Å². The van der Waals surface area contributed by atoms with Crippen molar-refractivity contribution in [2.45, 2.75) is 57.1 Å². The van der Waals surface area contributed by atoms with Crippen molar-refractivity contribution >= 4 is 21.6 Å². The first-order chi connectivity index (χ1) is 13.7. The van der Waals surface area contributed by atoms with Crippen LogP contribution in [-0.4, -0.2) is 37.8 Å². The predicted octanol–water partition coefficient (Wildman–Crippen LogP) is 3.61. The van der Waals surface area contributed by atoms with Gasteiger partial charge in [0.05, 0.1) is 4.90 Å². The fraction of sp³-hybridized carbons (Fsp3) is 0.409. The average Bonchev–Trinajstić information content (AvgIpc) is 3.15. The lowest BCUT2D eigenvalue weighted by Gasteiger charge is -2.21. The molecule has 29 heavy (non-hydrogen) atoms. The number of nitrogens with zero attached hydrogens (tertiary/aromatic N) is 1.